The quantitative estimate of drug-likeness (QED) is 0.923. The van der Waals surface area contributed by atoms with Gasteiger partial charge in [-0.2, -0.15) is 5.26 Å². The summed E-state index contributed by atoms with van der Waals surface area (Å²) in [6.45, 7) is 0. The third kappa shape index (κ3) is 3.05. The summed E-state index contributed by atoms with van der Waals surface area (Å²) >= 11 is 3.31. The van der Waals surface area contributed by atoms with Gasteiger partial charge in [-0.05, 0) is 30.5 Å². The molecule has 0 radical (unpaired) electrons. The van der Waals surface area contributed by atoms with Crippen LogP contribution in [-0.2, 0) is 0 Å². The van der Waals surface area contributed by atoms with E-state index >= 15 is 0 Å². The van der Waals surface area contributed by atoms with E-state index in [0.717, 1.165) is 18.4 Å². The summed E-state index contributed by atoms with van der Waals surface area (Å²) in [5, 5.41) is 12.5. The van der Waals surface area contributed by atoms with Crippen LogP contribution in [0.15, 0.2) is 22.7 Å². The zero-order valence-electron chi connectivity index (χ0n) is 9.42. The number of nitrogens with one attached hydrogen (secondary N) is 1. The van der Waals surface area contributed by atoms with Crippen molar-refractivity contribution in [3.8, 4) is 6.07 Å². The first kappa shape index (κ1) is 12.5. The van der Waals surface area contributed by atoms with Gasteiger partial charge in [0.1, 0.15) is 11.9 Å². The van der Waals surface area contributed by atoms with Crippen LogP contribution < -0.4 is 5.32 Å². The molecule has 0 amide bonds. The Hall–Kier alpha value is -0.920. The van der Waals surface area contributed by atoms with Gasteiger partial charge in [0, 0.05) is 10.5 Å². The molecule has 1 N–H and O–H groups in total. The number of halogens is 2. The second-order valence-electron chi connectivity index (χ2n) is 4.38. The number of hydrogen-bond donors (Lipinski definition) is 1. The molecule has 1 aromatic carbocycles. The van der Waals surface area contributed by atoms with E-state index in [4.69, 9.17) is 0 Å². The van der Waals surface area contributed by atoms with Crippen LogP contribution in [0.2, 0.25) is 0 Å². The maximum absolute atomic E-state index is 13.0. The minimum Gasteiger partial charge on any atom is -0.295 e. The van der Waals surface area contributed by atoms with Gasteiger partial charge in [0.25, 0.3) is 0 Å². The molecule has 0 bridgehead atoms. The summed E-state index contributed by atoms with van der Waals surface area (Å²) in [7, 11) is 0. The Morgan fingerprint density at radius 2 is 2.12 bits per heavy atom. The minimum atomic E-state index is -0.368. The first-order chi connectivity index (χ1) is 8.20. The Bertz CT molecular complexity index is 436. The summed E-state index contributed by atoms with van der Waals surface area (Å²) in [6.07, 6.45) is 4.69. The highest BCUT2D eigenvalue weighted by Gasteiger charge is 2.21. The first-order valence-electron chi connectivity index (χ1n) is 5.81. The molecule has 0 spiro atoms. The summed E-state index contributed by atoms with van der Waals surface area (Å²) < 4.78 is 13.6. The van der Waals surface area contributed by atoms with Gasteiger partial charge in [-0.3, -0.25) is 5.32 Å². The zero-order valence-corrected chi connectivity index (χ0v) is 11.0. The highest BCUT2D eigenvalue weighted by molar-refractivity contribution is 9.10. The average molecular weight is 297 g/mol. The van der Waals surface area contributed by atoms with Gasteiger partial charge < -0.3 is 0 Å². The molecule has 1 saturated carbocycles. The Labute approximate surface area is 109 Å². The first-order valence-corrected chi connectivity index (χ1v) is 6.60. The van der Waals surface area contributed by atoms with Crippen LogP contribution in [0.1, 0.15) is 37.3 Å². The topological polar surface area (TPSA) is 35.8 Å². The van der Waals surface area contributed by atoms with Crippen molar-refractivity contribution in [1.29, 1.82) is 5.26 Å². The lowest BCUT2D eigenvalue weighted by atomic mass is 10.1. The normalized spacial score (nSPS) is 17.9. The van der Waals surface area contributed by atoms with Crippen LogP contribution in [0.3, 0.4) is 0 Å². The predicted octanol–water partition coefficient (Wildman–Crippen LogP) is 3.69. The number of nitrogens with zero attached hydrogens (tertiary/aromatic N) is 1. The minimum absolute atomic E-state index is 0.293. The van der Waals surface area contributed by atoms with Crippen LogP contribution in [0.4, 0.5) is 4.39 Å². The number of benzene rings is 1. The van der Waals surface area contributed by atoms with Gasteiger partial charge in [-0.25, -0.2) is 4.39 Å². The lowest BCUT2D eigenvalue weighted by Crippen LogP contribution is -2.30. The SMILES string of the molecule is N#CC(NC1CCCC1)c1ccc(F)cc1Br. The molecule has 1 atom stereocenters. The molecule has 1 aliphatic carbocycles. The smallest absolute Gasteiger partial charge is 0.124 e. The molecule has 17 heavy (non-hydrogen) atoms. The van der Waals surface area contributed by atoms with Gasteiger partial charge in [0.15, 0.2) is 0 Å². The summed E-state index contributed by atoms with van der Waals surface area (Å²) in [5.41, 5.74) is 0.806. The van der Waals surface area contributed by atoms with E-state index in [-0.39, 0.29) is 11.9 Å². The van der Waals surface area contributed by atoms with E-state index in [1.807, 2.05) is 0 Å². The Kier molecular flexibility index (Phi) is 4.14. The fraction of sp³-hybridized carbons (Fsp3) is 0.462. The number of rotatable bonds is 3. The molecule has 1 fully saturated rings. The monoisotopic (exact) mass is 296 g/mol. The lowest BCUT2D eigenvalue weighted by molar-refractivity contribution is 0.491. The van der Waals surface area contributed by atoms with Crippen molar-refractivity contribution in [3.05, 3.63) is 34.1 Å². The van der Waals surface area contributed by atoms with Gasteiger partial charge >= 0.3 is 0 Å². The molecule has 90 valence electrons. The molecule has 0 saturated heterocycles. The molecule has 0 aliphatic heterocycles. The van der Waals surface area contributed by atoms with Crippen LogP contribution >= 0.6 is 15.9 Å². The van der Waals surface area contributed by atoms with Crippen LogP contribution in [0, 0.1) is 17.1 Å². The van der Waals surface area contributed by atoms with Gasteiger partial charge in [-0.15, -0.1) is 0 Å². The number of hydrogen-bond acceptors (Lipinski definition) is 2. The molecule has 1 aliphatic rings. The van der Waals surface area contributed by atoms with Gasteiger partial charge in [0.05, 0.1) is 6.07 Å². The Morgan fingerprint density at radius 3 is 2.71 bits per heavy atom. The highest BCUT2D eigenvalue weighted by atomic mass is 79.9. The largest absolute Gasteiger partial charge is 0.295 e. The highest BCUT2D eigenvalue weighted by Crippen LogP contribution is 2.27. The fourth-order valence-electron chi connectivity index (χ4n) is 2.26. The standard InChI is InChI=1S/C13H14BrFN2/c14-12-7-9(15)5-6-11(12)13(8-16)17-10-3-1-2-4-10/h5-7,10,13,17H,1-4H2. The molecule has 1 aromatic rings. The second kappa shape index (κ2) is 5.61. The van der Waals surface area contributed by atoms with E-state index in [1.54, 1.807) is 6.07 Å². The van der Waals surface area contributed by atoms with Crippen LogP contribution in [0.25, 0.3) is 0 Å². The van der Waals surface area contributed by atoms with E-state index in [1.165, 1.54) is 25.0 Å². The van der Waals surface area contributed by atoms with Crippen molar-refractivity contribution < 1.29 is 4.39 Å². The van der Waals surface area contributed by atoms with Crippen molar-refractivity contribution >= 4 is 15.9 Å². The molecule has 0 heterocycles. The number of nitriles is 1. The van der Waals surface area contributed by atoms with Crippen molar-refractivity contribution in [2.75, 3.05) is 0 Å². The van der Waals surface area contributed by atoms with E-state index in [0.29, 0.717) is 10.5 Å². The summed E-state index contributed by atoms with van der Waals surface area (Å²) in [4.78, 5) is 0. The molecule has 2 rings (SSSR count). The molecular weight excluding hydrogens is 283 g/mol. The average Bonchev–Trinajstić information content (AvgIpc) is 2.79. The summed E-state index contributed by atoms with van der Waals surface area (Å²) in [6, 6.07) is 6.74. The van der Waals surface area contributed by atoms with Crippen molar-refractivity contribution in [3.63, 3.8) is 0 Å². The maximum atomic E-state index is 13.0. The van der Waals surface area contributed by atoms with Gasteiger partial charge in [0.2, 0.25) is 0 Å². The molecule has 2 nitrogen and oxygen atoms in total. The van der Waals surface area contributed by atoms with Crippen molar-refractivity contribution in [1.82, 2.24) is 5.32 Å². The van der Waals surface area contributed by atoms with Crippen molar-refractivity contribution in [2.45, 2.75) is 37.8 Å². The lowest BCUT2D eigenvalue weighted by Gasteiger charge is -2.18. The zero-order chi connectivity index (χ0) is 12.3. The van der Waals surface area contributed by atoms with E-state index in [9.17, 15) is 9.65 Å². The van der Waals surface area contributed by atoms with E-state index < -0.39 is 0 Å². The second-order valence-corrected chi connectivity index (χ2v) is 5.23. The summed E-state index contributed by atoms with van der Waals surface area (Å²) in [5.74, 6) is -0.293. The fourth-order valence-corrected chi connectivity index (χ4v) is 2.84. The van der Waals surface area contributed by atoms with E-state index in [2.05, 4.69) is 27.3 Å². The molecule has 0 aromatic heterocycles. The Morgan fingerprint density at radius 1 is 1.41 bits per heavy atom. The van der Waals surface area contributed by atoms with Crippen LogP contribution in [-0.4, -0.2) is 6.04 Å². The predicted molar refractivity (Wildman–Crippen MR) is 67.8 cm³/mol. The third-order valence-electron chi connectivity index (χ3n) is 3.16. The Balaban J connectivity index is 2.14. The molecule has 4 heteroatoms. The third-order valence-corrected chi connectivity index (χ3v) is 3.85. The van der Waals surface area contributed by atoms with Crippen LogP contribution in [0.5, 0.6) is 0 Å². The van der Waals surface area contributed by atoms with Gasteiger partial charge in [-0.1, -0.05) is 34.8 Å². The molecule has 1 unspecified atom stereocenters. The maximum Gasteiger partial charge on any atom is 0.124 e. The van der Waals surface area contributed by atoms with Crippen molar-refractivity contribution in [2.24, 2.45) is 0 Å². The molecular formula is C13H14BrFN2.